The molecule has 27 heteroatoms. The molecule has 0 radical (unpaired) electrons. The number of carbonyl (C=O) groups excluding carboxylic acids is 1. The molecule has 2 aromatic rings. The maximum Gasteiger partial charge on any atom is 0.466 e. The minimum absolute atomic E-state index is 0.0258. The van der Waals surface area contributed by atoms with Crippen molar-refractivity contribution >= 4 is 49.0 Å². The number of carboxylic acids is 3. The summed E-state index contributed by atoms with van der Waals surface area (Å²) >= 11 is 0. The smallest absolute Gasteiger partial charge is 0.466 e. The molecule has 1 aliphatic heterocycles. The fourth-order valence-electron chi connectivity index (χ4n) is 3.50. The second-order valence-corrected chi connectivity index (χ2v) is 10.7. The molecule has 0 saturated carbocycles. The van der Waals surface area contributed by atoms with Crippen molar-refractivity contribution in [2.24, 2.45) is 0 Å². The van der Waals surface area contributed by atoms with Gasteiger partial charge in [0.05, 0.1) is 32.4 Å². The number of carboxylic acid groups (broad SMARTS) is 3. The standard InChI is InChI=1S/C10H13N5O4.C6H8O7.C6H12O6.H3O4P/c11-8-5-9(13-2-12-8)15(3-14-5)10-7(18)6(17)4(1-16)19-10;7-3(8)1-6(13,5(11)12)2-4(9)10;7-1-3(9)5(11)6(12)4(10)2-8;1-5(2,3)4/h2-4,6-7,10,16-18H,1H2,(H2,11,12,13);13H,1-2H2,(H,7,8)(H,9,10)(H,11,12);1,3-6,8-12H,2H2;(H3,1,2,3,4)/t4-,6-,7-,10-;;3-,4+,5+,6+;/m1.0./s1. The van der Waals surface area contributed by atoms with Crippen molar-refractivity contribution in [3.8, 4) is 0 Å². The number of imidazole rings is 1. The lowest BCUT2D eigenvalue weighted by atomic mass is 9.96. The van der Waals surface area contributed by atoms with E-state index >= 15 is 0 Å². The number of nitrogen functional groups attached to an aromatic ring is 1. The van der Waals surface area contributed by atoms with E-state index in [1.807, 2.05) is 0 Å². The quantitative estimate of drug-likeness (QED) is 0.0710. The van der Waals surface area contributed by atoms with Crippen molar-refractivity contribution in [3.05, 3.63) is 12.7 Å². The van der Waals surface area contributed by atoms with Gasteiger partial charge in [-0.15, -0.1) is 0 Å². The Balaban J connectivity index is 0.000000682. The molecule has 0 amide bonds. The van der Waals surface area contributed by atoms with Crippen molar-refractivity contribution in [2.45, 2.75) is 67.4 Å². The Morgan fingerprint density at radius 3 is 1.86 bits per heavy atom. The number of carbonyl (C=O) groups is 4. The number of hydrogen-bond donors (Lipinski definition) is 16. The Bertz CT molecular complexity index is 1400. The van der Waals surface area contributed by atoms with Gasteiger partial charge in [-0.25, -0.2) is 24.3 Å². The molecule has 1 aliphatic rings. The molecule has 49 heavy (non-hydrogen) atoms. The summed E-state index contributed by atoms with van der Waals surface area (Å²) in [5.41, 5.74) is 3.71. The molecular weight excluding hydrogens is 701 g/mol. The molecule has 0 aromatic carbocycles. The maximum absolute atomic E-state index is 10.3. The van der Waals surface area contributed by atoms with Gasteiger partial charge in [-0.3, -0.25) is 14.2 Å². The first-order chi connectivity index (χ1) is 22.4. The Labute approximate surface area is 272 Å². The van der Waals surface area contributed by atoms with Crippen LogP contribution in [0, 0.1) is 0 Å². The number of aliphatic carboxylic acids is 3. The Morgan fingerprint density at radius 1 is 0.959 bits per heavy atom. The van der Waals surface area contributed by atoms with Gasteiger partial charge in [0, 0.05) is 0 Å². The highest BCUT2D eigenvalue weighted by molar-refractivity contribution is 7.45. The normalized spacial score (nSPS) is 21.3. The minimum atomic E-state index is -4.64. The van der Waals surface area contributed by atoms with Crippen molar-refractivity contribution in [1.82, 2.24) is 19.5 Å². The number of rotatable bonds is 12. The van der Waals surface area contributed by atoms with Gasteiger partial charge in [-0.05, 0) is 0 Å². The third-order valence-corrected chi connectivity index (χ3v) is 5.88. The zero-order valence-corrected chi connectivity index (χ0v) is 25.5. The van der Waals surface area contributed by atoms with Crippen LogP contribution in [-0.4, -0.2) is 181 Å². The molecule has 1 fully saturated rings. The average molecular weight is 738 g/mol. The van der Waals surface area contributed by atoms with Crippen molar-refractivity contribution in [2.75, 3.05) is 18.9 Å². The number of aliphatic hydroxyl groups excluding tert-OH is 8. The zero-order valence-electron chi connectivity index (χ0n) is 24.7. The number of nitrogens with two attached hydrogens (primary N) is 1. The predicted molar refractivity (Wildman–Crippen MR) is 151 cm³/mol. The van der Waals surface area contributed by atoms with Gasteiger partial charge in [-0.1, -0.05) is 0 Å². The zero-order chi connectivity index (χ0) is 38.4. The SMILES string of the molecule is Nc1ncnc2c1ncn2[C@@H]1O[C@H](CO)[C@@H](O)[C@H]1O.O=C(O)CC(O)(CC(=O)O)C(=O)O.O=C[C@H](O)[C@@H](O)[C@H](O)[C@H](O)CO.O=P(O)(O)O. The van der Waals surface area contributed by atoms with E-state index in [2.05, 4.69) is 15.0 Å². The number of aromatic nitrogens is 4. The number of aliphatic hydroxyl groups is 9. The molecule has 0 aliphatic carbocycles. The summed E-state index contributed by atoms with van der Waals surface area (Å²) in [7, 11) is -4.64. The number of hydrogen-bond acceptors (Lipinski definition) is 19. The minimum Gasteiger partial charge on any atom is -0.481 e. The van der Waals surface area contributed by atoms with Gasteiger partial charge in [-0.2, -0.15) is 0 Å². The van der Waals surface area contributed by atoms with Crippen molar-refractivity contribution in [1.29, 1.82) is 0 Å². The fourth-order valence-corrected chi connectivity index (χ4v) is 3.50. The van der Waals surface area contributed by atoms with Gasteiger partial charge < -0.3 is 91.2 Å². The molecule has 17 N–H and O–H groups in total. The Kier molecular flexibility index (Phi) is 18.4. The van der Waals surface area contributed by atoms with Crippen molar-refractivity contribution < 1.29 is 104 Å². The van der Waals surface area contributed by atoms with Gasteiger partial charge in [0.15, 0.2) is 29.6 Å². The van der Waals surface area contributed by atoms with Gasteiger partial charge in [0.2, 0.25) is 0 Å². The van der Waals surface area contributed by atoms with Crippen LogP contribution in [0.4, 0.5) is 5.82 Å². The third-order valence-electron chi connectivity index (χ3n) is 5.88. The van der Waals surface area contributed by atoms with Crippen molar-refractivity contribution in [3.63, 3.8) is 0 Å². The van der Waals surface area contributed by atoms with Gasteiger partial charge in [0.1, 0.15) is 54.6 Å². The molecule has 2 aromatic heterocycles. The van der Waals surface area contributed by atoms with Crippen LogP contribution in [-0.2, 0) is 28.5 Å². The van der Waals surface area contributed by atoms with Crippen LogP contribution < -0.4 is 5.73 Å². The average Bonchev–Trinajstić information content (AvgIpc) is 3.55. The summed E-state index contributed by atoms with van der Waals surface area (Å²) in [5, 5.41) is 106. The molecule has 0 spiro atoms. The van der Waals surface area contributed by atoms with Crippen LogP contribution >= 0.6 is 7.82 Å². The maximum atomic E-state index is 10.3. The van der Waals surface area contributed by atoms with Crippen LogP contribution in [0.15, 0.2) is 12.7 Å². The van der Waals surface area contributed by atoms with E-state index < -0.39 is 106 Å². The number of anilines is 1. The van der Waals surface area contributed by atoms with E-state index in [4.69, 9.17) is 80.8 Å². The van der Waals surface area contributed by atoms with E-state index in [9.17, 15) is 29.4 Å². The summed E-state index contributed by atoms with van der Waals surface area (Å²) in [4.78, 5) is 73.8. The number of phosphoric acid groups is 1. The second-order valence-electron chi connectivity index (χ2n) is 9.66. The van der Waals surface area contributed by atoms with Crippen LogP contribution in [0.25, 0.3) is 11.2 Å². The fraction of sp³-hybridized carbons (Fsp3) is 0.591. The molecule has 280 valence electrons. The highest BCUT2D eigenvalue weighted by atomic mass is 31.2. The van der Waals surface area contributed by atoms with Crippen LogP contribution in [0.2, 0.25) is 0 Å². The lowest BCUT2D eigenvalue weighted by Gasteiger charge is -2.22. The first-order valence-corrected chi connectivity index (χ1v) is 14.5. The van der Waals surface area contributed by atoms with E-state index in [-0.39, 0.29) is 12.1 Å². The molecule has 26 nitrogen and oxygen atoms in total. The summed E-state index contributed by atoms with van der Waals surface area (Å²) in [5.74, 6) is -4.80. The van der Waals surface area contributed by atoms with Crippen LogP contribution in [0.5, 0.6) is 0 Å². The molecule has 3 rings (SSSR count). The highest BCUT2D eigenvalue weighted by Crippen LogP contribution is 2.31. The lowest BCUT2D eigenvalue weighted by Crippen LogP contribution is -2.46. The summed E-state index contributed by atoms with van der Waals surface area (Å²) < 4.78 is 15.7. The molecular formula is C22H36N5O21P. The second kappa shape index (κ2) is 20.0. The summed E-state index contributed by atoms with van der Waals surface area (Å²) in [6.45, 7) is -1.15. The summed E-state index contributed by atoms with van der Waals surface area (Å²) in [6, 6.07) is 0. The van der Waals surface area contributed by atoms with E-state index in [0.29, 0.717) is 11.2 Å². The van der Waals surface area contributed by atoms with E-state index in [0.717, 1.165) is 0 Å². The number of fused-ring (bicyclic) bond motifs is 1. The largest absolute Gasteiger partial charge is 0.481 e. The molecule has 1 saturated heterocycles. The van der Waals surface area contributed by atoms with Crippen LogP contribution in [0.3, 0.4) is 0 Å². The molecule has 3 heterocycles. The van der Waals surface area contributed by atoms with E-state index in [1.165, 1.54) is 17.2 Å². The first-order valence-electron chi connectivity index (χ1n) is 13.0. The molecule has 8 atom stereocenters. The number of nitrogens with zero attached hydrogens (tertiary/aromatic N) is 4. The predicted octanol–water partition coefficient (Wildman–Crippen LogP) is -7.54. The Hall–Kier alpha value is -3.86. The molecule has 0 unspecified atom stereocenters. The Morgan fingerprint density at radius 2 is 1.47 bits per heavy atom. The summed E-state index contributed by atoms with van der Waals surface area (Å²) in [6.07, 6.45) is -10.6. The first kappa shape index (κ1) is 45.1. The lowest BCUT2D eigenvalue weighted by molar-refractivity contribution is -0.170. The number of aldehydes is 1. The van der Waals surface area contributed by atoms with Gasteiger partial charge in [0.25, 0.3) is 0 Å². The topological polar surface area (TPSA) is 468 Å². The molecule has 0 bridgehead atoms. The van der Waals surface area contributed by atoms with Crippen LogP contribution in [0.1, 0.15) is 19.1 Å². The van der Waals surface area contributed by atoms with E-state index in [1.54, 1.807) is 0 Å². The third kappa shape index (κ3) is 14.7. The highest BCUT2D eigenvalue weighted by Gasteiger charge is 2.44. The monoisotopic (exact) mass is 737 g/mol. The number of ether oxygens (including phenoxy) is 1. The van der Waals surface area contributed by atoms with Gasteiger partial charge >= 0.3 is 25.7 Å².